The smallest absolute Gasteiger partial charge is 0.170 e. The van der Waals surface area contributed by atoms with Crippen LogP contribution >= 0.6 is 11.6 Å². The molecule has 1 N–H and O–H groups in total. The molecule has 1 aromatic heterocycles. The zero-order chi connectivity index (χ0) is 14.9. The zero-order valence-electron chi connectivity index (χ0n) is 12.4. The maximum absolute atomic E-state index is 12.5. The van der Waals surface area contributed by atoms with Crippen LogP contribution in [0.15, 0.2) is 0 Å². The molecule has 0 amide bonds. The Morgan fingerprint density at radius 3 is 2.65 bits per heavy atom. The summed E-state index contributed by atoms with van der Waals surface area (Å²) in [4.78, 5) is 12.5. The molecular formula is C15H23ClN2O2. The lowest BCUT2D eigenvalue weighted by atomic mass is 9.76. The van der Waals surface area contributed by atoms with Crippen LogP contribution in [0.5, 0.6) is 0 Å². The summed E-state index contributed by atoms with van der Waals surface area (Å²) < 4.78 is 1.75. The highest BCUT2D eigenvalue weighted by molar-refractivity contribution is 6.32. The van der Waals surface area contributed by atoms with Crippen LogP contribution < -0.4 is 0 Å². The summed E-state index contributed by atoms with van der Waals surface area (Å²) in [5.41, 5.74) is 0.288. The van der Waals surface area contributed by atoms with Gasteiger partial charge in [-0.1, -0.05) is 18.5 Å². The van der Waals surface area contributed by atoms with E-state index >= 15 is 0 Å². The molecule has 4 nitrogen and oxygen atoms in total. The number of carbonyl (C=O) groups excluding carboxylic acids is 1. The fourth-order valence-corrected chi connectivity index (χ4v) is 3.08. The standard InChI is InChI=1S/C15H23ClN2O2/c1-4-18-12(14(16)11(3)17-18)9-13(19)15(20)7-5-10(2)6-8-15/h10,20H,4-9H2,1-3H3. The van der Waals surface area contributed by atoms with Crippen LogP contribution in [0.3, 0.4) is 0 Å². The van der Waals surface area contributed by atoms with Crippen molar-refractivity contribution in [3.8, 4) is 0 Å². The van der Waals surface area contributed by atoms with Gasteiger partial charge < -0.3 is 5.11 Å². The maximum Gasteiger partial charge on any atom is 0.170 e. The maximum atomic E-state index is 12.5. The summed E-state index contributed by atoms with van der Waals surface area (Å²) in [6.07, 6.45) is 3.09. The molecule has 0 spiro atoms. The molecule has 0 atom stereocenters. The van der Waals surface area contributed by atoms with Crippen LogP contribution in [0, 0.1) is 12.8 Å². The molecule has 0 bridgehead atoms. The lowest BCUT2D eigenvalue weighted by molar-refractivity contribution is -0.140. The van der Waals surface area contributed by atoms with Crippen molar-refractivity contribution in [2.45, 2.75) is 65.0 Å². The van der Waals surface area contributed by atoms with E-state index in [2.05, 4.69) is 12.0 Å². The van der Waals surface area contributed by atoms with Gasteiger partial charge in [-0.3, -0.25) is 9.48 Å². The van der Waals surface area contributed by atoms with Crippen LogP contribution in [0.2, 0.25) is 5.02 Å². The van der Waals surface area contributed by atoms with Crippen LogP contribution in [0.25, 0.3) is 0 Å². The Kier molecular flexibility index (Phi) is 4.55. The third-order valence-electron chi connectivity index (χ3n) is 4.40. The topological polar surface area (TPSA) is 55.1 Å². The number of carbonyl (C=O) groups is 1. The Morgan fingerprint density at radius 1 is 1.50 bits per heavy atom. The zero-order valence-corrected chi connectivity index (χ0v) is 13.2. The van der Waals surface area contributed by atoms with Crippen LogP contribution in [0.4, 0.5) is 0 Å². The van der Waals surface area contributed by atoms with E-state index in [4.69, 9.17) is 11.6 Å². The highest BCUT2D eigenvalue weighted by Crippen LogP contribution is 2.34. The van der Waals surface area contributed by atoms with E-state index in [0.29, 0.717) is 30.3 Å². The van der Waals surface area contributed by atoms with Crippen LogP contribution in [-0.2, 0) is 17.8 Å². The number of halogens is 1. The second kappa shape index (κ2) is 5.86. The second-order valence-electron chi connectivity index (χ2n) is 5.98. The van der Waals surface area contributed by atoms with Gasteiger partial charge in [-0.25, -0.2) is 0 Å². The van der Waals surface area contributed by atoms with Gasteiger partial charge in [-0.2, -0.15) is 5.10 Å². The molecule has 1 saturated carbocycles. The predicted octanol–water partition coefficient (Wildman–Crippen LogP) is 2.92. The summed E-state index contributed by atoms with van der Waals surface area (Å²) >= 11 is 6.23. The van der Waals surface area contributed by atoms with Crippen LogP contribution in [0.1, 0.15) is 50.9 Å². The quantitative estimate of drug-likeness (QED) is 0.930. The SMILES string of the molecule is CCn1nc(C)c(Cl)c1CC(=O)C1(O)CCC(C)CC1. The number of ketones is 1. The Morgan fingerprint density at radius 2 is 2.10 bits per heavy atom. The molecule has 1 aliphatic rings. The van der Waals surface area contributed by atoms with Crippen molar-refractivity contribution in [1.82, 2.24) is 9.78 Å². The van der Waals surface area contributed by atoms with Crippen molar-refractivity contribution in [2.24, 2.45) is 5.92 Å². The van der Waals surface area contributed by atoms with Gasteiger partial charge >= 0.3 is 0 Å². The van der Waals surface area contributed by atoms with Crippen molar-refractivity contribution in [2.75, 3.05) is 0 Å². The number of hydrogen-bond donors (Lipinski definition) is 1. The largest absolute Gasteiger partial charge is 0.382 e. The van der Waals surface area contributed by atoms with Crippen molar-refractivity contribution in [1.29, 1.82) is 0 Å². The first-order valence-corrected chi connectivity index (χ1v) is 7.72. The van der Waals surface area contributed by atoms with Gasteiger partial charge in [0.05, 0.1) is 22.8 Å². The van der Waals surface area contributed by atoms with E-state index in [0.717, 1.165) is 24.2 Å². The van der Waals surface area contributed by atoms with Gasteiger partial charge in [0, 0.05) is 6.54 Å². The van der Waals surface area contributed by atoms with E-state index in [-0.39, 0.29) is 12.2 Å². The van der Waals surface area contributed by atoms with Crippen molar-refractivity contribution in [3.63, 3.8) is 0 Å². The van der Waals surface area contributed by atoms with E-state index in [1.165, 1.54) is 0 Å². The number of rotatable bonds is 4. The fraction of sp³-hybridized carbons (Fsp3) is 0.733. The molecule has 5 heteroatoms. The van der Waals surface area contributed by atoms with Crippen LogP contribution in [-0.4, -0.2) is 26.3 Å². The minimum absolute atomic E-state index is 0.124. The first-order valence-electron chi connectivity index (χ1n) is 7.35. The van der Waals surface area contributed by atoms with Gasteiger partial charge in [-0.15, -0.1) is 0 Å². The first kappa shape index (κ1) is 15.5. The van der Waals surface area contributed by atoms with Gasteiger partial charge in [0.1, 0.15) is 5.60 Å². The van der Waals surface area contributed by atoms with Gasteiger partial charge in [0.2, 0.25) is 0 Å². The van der Waals surface area contributed by atoms with E-state index in [1.54, 1.807) is 4.68 Å². The number of hydrogen-bond acceptors (Lipinski definition) is 3. The number of aliphatic hydroxyl groups is 1. The average Bonchev–Trinajstić information content (AvgIpc) is 2.70. The molecule has 0 unspecified atom stereocenters. The fourth-order valence-electron chi connectivity index (χ4n) is 2.87. The van der Waals surface area contributed by atoms with Crippen molar-refractivity contribution >= 4 is 17.4 Å². The Labute approximate surface area is 125 Å². The highest BCUT2D eigenvalue weighted by Gasteiger charge is 2.39. The summed E-state index contributed by atoms with van der Waals surface area (Å²) in [6, 6.07) is 0. The summed E-state index contributed by atoms with van der Waals surface area (Å²) in [5.74, 6) is 0.468. The molecule has 0 aromatic carbocycles. The molecule has 1 heterocycles. The molecule has 1 aliphatic carbocycles. The second-order valence-corrected chi connectivity index (χ2v) is 6.35. The molecule has 2 rings (SSSR count). The monoisotopic (exact) mass is 298 g/mol. The third kappa shape index (κ3) is 2.91. The summed E-state index contributed by atoms with van der Waals surface area (Å²) in [5, 5.41) is 15.4. The van der Waals surface area contributed by atoms with Gasteiger partial charge in [-0.05, 0) is 45.4 Å². The Hall–Kier alpha value is -0.870. The van der Waals surface area contributed by atoms with Crippen molar-refractivity contribution < 1.29 is 9.90 Å². The van der Waals surface area contributed by atoms with E-state index < -0.39 is 5.60 Å². The summed E-state index contributed by atoms with van der Waals surface area (Å²) in [6.45, 7) is 6.63. The minimum atomic E-state index is -1.17. The number of aromatic nitrogens is 2. The lowest BCUT2D eigenvalue weighted by Gasteiger charge is -2.33. The predicted molar refractivity (Wildman–Crippen MR) is 78.9 cm³/mol. The summed E-state index contributed by atoms with van der Waals surface area (Å²) in [7, 11) is 0. The minimum Gasteiger partial charge on any atom is -0.382 e. The third-order valence-corrected chi connectivity index (χ3v) is 4.89. The van der Waals surface area contributed by atoms with Gasteiger partial charge in [0.15, 0.2) is 5.78 Å². The molecule has 20 heavy (non-hydrogen) atoms. The van der Waals surface area contributed by atoms with Crippen molar-refractivity contribution in [3.05, 3.63) is 16.4 Å². The molecule has 1 aromatic rings. The number of aryl methyl sites for hydroxylation is 2. The van der Waals surface area contributed by atoms with E-state index in [9.17, 15) is 9.90 Å². The molecule has 112 valence electrons. The molecular weight excluding hydrogens is 276 g/mol. The average molecular weight is 299 g/mol. The lowest BCUT2D eigenvalue weighted by Crippen LogP contribution is -2.43. The molecule has 0 radical (unpaired) electrons. The molecule has 0 aliphatic heterocycles. The van der Waals surface area contributed by atoms with Gasteiger partial charge in [0.25, 0.3) is 0 Å². The Bertz CT molecular complexity index is 502. The van der Waals surface area contributed by atoms with E-state index in [1.807, 2.05) is 13.8 Å². The normalized spacial score (nSPS) is 26.8. The number of nitrogens with zero attached hydrogens (tertiary/aromatic N) is 2. The number of Topliss-reactive ketones (excluding diaryl/α,β-unsaturated/α-hetero) is 1. The Balaban J connectivity index is 2.16. The molecule has 1 fully saturated rings. The highest BCUT2D eigenvalue weighted by atomic mass is 35.5. The molecule has 0 saturated heterocycles. The first-order chi connectivity index (χ1) is 9.37.